The molecule has 0 aromatic carbocycles. The van der Waals surface area contributed by atoms with E-state index in [4.69, 9.17) is 0 Å². The van der Waals surface area contributed by atoms with E-state index < -0.39 is 34.8 Å². The van der Waals surface area contributed by atoms with Crippen LogP contribution >= 0.6 is 0 Å². The molecule has 0 saturated heterocycles. The van der Waals surface area contributed by atoms with Crippen molar-refractivity contribution in [2.24, 2.45) is 0 Å². The van der Waals surface area contributed by atoms with E-state index in [-0.39, 0.29) is 41.4 Å². The summed E-state index contributed by atoms with van der Waals surface area (Å²) in [6.45, 7) is 3.26. The fourth-order valence-corrected chi connectivity index (χ4v) is 3.45. The van der Waals surface area contributed by atoms with E-state index in [0.717, 1.165) is 10.8 Å². The maximum Gasteiger partial charge on any atom is 0.329 e. The van der Waals surface area contributed by atoms with Crippen molar-refractivity contribution in [1.29, 1.82) is 0 Å². The van der Waals surface area contributed by atoms with Gasteiger partial charge in [0.05, 0.1) is 23.8 Å². The molecule has 8 nitrogen and oxygen atoms in total. The van der Waals surface area contributed by atoms with Crippen LogP contribution in [0.3, 0.4) is 0 Å². The summed E-state index contributed by atoms with van der Waals surface area (Å²) in [6.07, 6.45) is 5.94. The minimum Gasteiger partial charge on any atom is -0.511 e. The van der Waals surface area contributed by atoms with Crippen LogP contribution in [-0.2, 0) is 11.3 Å². The Labute approximate surface area is 175 Å². The molecule has 0 fully saturated rings. The Bertz CT molecular complexity index is 1250. The lowest BCUT2D eigenvalue weighted by Crippen LogP contribution is -2.57. The summed E-state index contributed by atoms with van der Waals surface area (Å²) in [5.74, 6) is -2.64. The number of rotatable bonds is 8. The van der Waals surface area contributed by atoms with Gasteiger partial charge in [-0.05, 0) is 25.7 Å². The second kappa shape index (κ2) is 9.50. The summed E-state index contributed by atoms with van der Waals surface area (Å²) in [5.41, 5.74) is -1.76. The molecular weight excluding hydrogens is 410 g/mol. The van der Waals surface area contributed by atoms with Crippen molar-refractivity contribution in [1.82, 2.24) is 19.9 Å². The number of amides is 1. The summed E-state index contributed by atoms with van der Waals surface area (Å²) in [4.78, 5) is 44.7. The van der Waals surface area contributed by atoms with Crippen molar-refractivity contribution in [3.05, 3.63) is 73.7 Å². The molecule has 2 aromatic heterocycles. The number of aromatic nitrogens is 3. The van der Waals surface area contributed by atoms with Crippen LogP contribution in [0, 0.1) is 11.6 Å². The first-order valence-electron chi connectivity index (χ1n) is 9.79. The fraction of sp³-hybridized carbons (Fsp3) is 0.333. The molecule has 1 amide bonds. The Morgan fingerprint density at radius 3 is 2.90 bits per heavy atom. The van der Waals surface area contributed by atoms with Crippen LogP contribution in [0.4, 0.5) is 8.78 Å². The molecule has 1 unspecified atom stereocenters. The summed E-state index contributed by atoms with van der Waals surface area (Å²) in [7, 11) is 0. The van der Waals surface area contributed by atoms with Crippen molar-refractivity contribution in [3.63, 3.8) is 0 Å². The first kappa shape index (κ1) is 22.1. The number of pyridine rings is 1. The highest BCUT2D eigenvalue weighted by atomic mass is 19.1. The number of allylic oxidation sites excluding steroid dienone is 1. The SMILES string of the molecule is C=CCCCC(C(=O)NCc1ncc(F)cc1F)n1c(=O)[nH]c2c(c1=O)=C(O)CCC=2. The lowest BCUT2D eigenvalue weighted by atomic mass is 10.1. The third-order valence-corrected chi connectivity index (χ3v) is 4.99. The van der Waals surface area contributed by atoms with Gasteiger partial charge in [-0.1, -0.05) is 12.2 Å². The largest absolute Gasteiger partial charge is 0.511 e. The highest BCUT2D eigenvalue weighted by Gasteiger charge is 2.25. The van der Waals surface area contributed by atoms with Gasteiger partial charge in [-0.25, -0.2) is 18.1 Å². The Hall–Kier alpha value is -3.56. The molecule has 1 aliphatic rings. The number of aliphatic hydroxyl groups excluding tert-OH is 1. The molecule has 164 valence electrons. The zero-order valence-corrected chi connectivity index (χ0v) is 16.7. The molecule has 31 heavy (non-hydrogen) atoms. The predicted octanol–water partition coefficient (Wildman–Crippen LogP) is 0.664. The number of carbonyl (C=O) groups excluding carboxylic acids is 1. The Morgan fingerprint density at radius 1 is 1.42 bits per heavy atom. The molecule has 0 spiro atoms. The van der Waals surface area contributed by atoms with E-state index >= 15 is 0 Å². The standard InChI is InChI=1S/C21H22F2N4O4/c1-2-3-4-7-16(19(29)25-11-15-13(23)9-12(22)10-24-15)27-20(30)18-14(26-21(27)31)6-5-8-17(18)28/h2,6,9-10,16,28H,1,3-5,7-8,11H2,(H,25,29)(H,26,31). The van der Waals surface area contributed by atoms with Gasteiger partial charge in [0.15, 0.2) is 0 Å². The minimum absolute atomic E-state index is 0.0429. The molecular formula is C21H22F2N4O4. The smallest absolute Gasteiger partial charge is 0.329 e. The number of aliphatic hydroxyl groups is 1. The Kier molecular flexibility index (Phi) is 6.78. The second-order valence-corrected chi connectivity index (χ2v) is 7.12. The lowest BCUT2D eigenvalue weighted by Gasteiger charge is -2.19. The highest BCUT2D eigenvalue weighted by Crippen LogP contribution is 2.13. The Balaban J connectivity index is 1.98. The second-order valence-electron chi connectivity index (χ2n) is 7.12. The number of nitrogens with zero attached hydrogens (tertiary/aromatic N) is 2. The number of hydrogen-bond acceptors (Lipinski definition) is 5. The van der Waals surface area contributed by atoms with Gasteiger partial charge in [0.25, 0.3) is 5.56 Å². The van der Waals surface area contributed by atoms with Crippen LogP contribution in [0.2, 0.25) is 0 Å². The van der Waals surface area contributed by atoms with Crippen molar-refractivity contribution in [2.75, 3.05) is 0 Å². The zero-order valence-electron chi connectivity index (χ0n) is 16.7. The first-order chi connectivity index (χ1) is 14.8. The Morgan fingerprint density at radius 2 is 2.19 bits per heavy atom. The molecule has 0 aliphatic heterocycles. The quantitative estimate of drug-likeness (QED) is 0.419. The van der Waals surface area contributed by atoms with E-state index in [1.807, 2.05) is 0 Å². The van der Waals surface area contributed by atoms with Gasteiger partial charge in [-0.2, -0.15) is 0 Å². The first-order valence-corrected chi connectivity index (χ1v) is 9.79. The lowest BCUT2D eigenvalue weighted by molar-refractivity contribution is -0.125. The number of nitrogens with one attached hydrogen (secondary N) is 2. The minimum atomic E-state index is -1.21. The molecule has 1 atom stereocenters. The molecule has 1 aliphatic carbocycles. The van der Waals surface area contributed by atoms with Gasteiger partial charge in [0, 0.05) is 12.5 Å². The topological polar surface area (TPSA) is 117 Å². The van der Waals surface area contributed by atoms with Crippen LogP contribution in [-0.4, -0.2) is 25.5 Å². The number of H-pyrrole nitrogens is 1. The molecule has 0 radical (unpaired) electrons. The number of carbonyl (C=O) groups is 1. The van der Waals surface area contributed by atoms with Crippen molar-refractivity contribution < 1.29 is 18.7 Å². The predicted molar refractivity (Wildman–Crippen MR) is 109 cm³/mol. The maximum absolute atomic E-state index is 13.8. The summed E-state index contributed by atoms with van der Waals surface area (Å²) < 4.78 is 27.6. The zero-order chi connectivity index (χ0) is 22.5. The van der Waals surface area contributed by atoms with Crippen LogP contribution in [0.15, 0.2) is 34.5 Å². The van der Waals surface area contributed by atoms with E-state index in [1.54, 1.807) is 12.2 Å². The average molecular weight is 432 g/mol. The maximum atomic E-state index is 13.8. The normalized spacial score (nSPS) is 13.8. The van der Waals surface area contributed by atoms with Crippen molar-refractivity contribution in [2.45, 2.75) is 44.7 Å². The van der Waals surface area contributed by atoms with Crippen LogP contribution < -0.4 is 27.1 Å². The van der Waals surface area contributed by atoms with Crippen LogP contribution in [0.25, 0.3) is 11.8 Å². The average Bonchev–Trinajstić information content (AvgIpc) is 2.71. The van der Waals surface area contributed by atoms with Crippen LogP contribution in [0.5, 0.6) is 0 Å². The molecule has 10 heteroatoms. The number of halogens is 2. The van der Waals surface area contributed by atoms with Gasteiger partial charge >= 0.3 is 5.69 Å². The number of unbranched alkanes of at least 4 members (excludes halogenated alkanes) is 1. The van der Waals surface area contributed by atoms with E-state index in [2.05, 4.69) is 21.9 Å². The number of hydrogen-bond donors (Lipinski definition) is 3. The van der Waals surface area contributed by atoms with Gasteiger partial charge in [0.2, 0.25) is 5.91 Å². The van der Waals surface area contributed by atoms with Gasteiger partial charge in [0.1, 0.15) is 28.7 Å². The number of fused-ring (bicyclic) bond motifs is 1. The van der Waals surface area contributed by atoms with Gasteiger partial charge < -0.3 is 15.4 Å². The fourth-order valence-electron chi connectivity index (χ4n) is 3.45. The molecule has 0 saturated carbocycles. The third kappa shape index (κ3) is 4.79. The molecule has 2 heterocycles. The van der Waals surface area contributed by atoms with Gasteiger partial charge in [-0.3, -0.25) is 14.6 Å². The number of aromatic amines is 1. The van der Waals surface area contributed by atoms with Crippen LogP contribution in [0.1, 0.15) is 43.8 Å². The molecule has 2 aromatic rings. The summed E-state index contributed by atoms with van der Waals surface area (Å²) >= 11 is 0. The molecule has 3 N–H and O–H groups in total. The molecule has 0 bridgehead atoms. The van der Waals surface area contributed by atoms with E-state index in [1.165, 1.54) is 0 Å². The van der Waals surface area contributed by atoms with Crippen molar-refractivity contribution in [3.8, 4) is 0 Å². The highest BCUT2D eigenvalue weighted by molar-refractivity contribution is 5.80. The van der Waals surface area contributed by atoms with Gasteiger partial charge in [-0.15, -0.1) is 6.58 Å². The summed E-state index contributed by atoms with van der Waals surface area (Å²) in [5, 5.41) is 12.8. The van der Waals surface area contributed by atoms with Crippen molar-refractivity contribution >= 4 is 17.7 Å². The van der Waals surface area contributed by atoms with E-state index in [9.17, 15) is 28.3 Å². The summed E-state index contributed by atoms with van der Waals surface area (Å²) in [6, 6.07) is -0.566. The molecule has 3 rings (SSSR count). The van der Waals surface area contributed by atoms with E-state index in [0.29, 0.717) is 25.3 Å². The monoisotopic (exact) mass is 432 g/mol. The third-order valence-electron chi connectivity index (χ3n) is 4.99.